The highest BCUT2D eigenvalue weighted by atomic mass is 16.5. The van der Waals surface area contributed by atoms with E-state index in [1.54, 1.807) is 32.0 Å². The zero-order valence-electron chi connectivity index (χ0n) is 24.4. The molecule has 3 aromatic rings. The normalized spacial score (nSPS) is 14.5. The first-order valence-corrected chi connectivity index (χ1v) is 13.6. The van der Waals surface area contributed by atoms with E-state index in [2.05, 4.69) is 27.2 Å². The first kappa shape index (κ1) is 30.6. The Bertz CT molecular complexity index is 1530. The third-order valence-electron chi connectivity index (χ3n) is 6.42. The molecule has 0 fully saturated rings. The number of carbonyl (C=O) groups is 3. The zero-order valence-corrected chi connectivity index (χ0v) is 24.4. The largest absolute Gasteiger partial charge is 0.493 e. The van der Waals surface area contributed by atoms with Crippen LogP contribution in [0.3, 0.4) is 0 Å². The van der Waals surface area contributed by atoms with Gasteiger partial charge in [-0.05, 0) is 73.9 Å². The van der Waals surface area contributed by atoms with Gasteiger partial charge < -0.3 is 29.6 Å². The maximum absolute atomic E-state index is 12.6. The summed E-state index contributed by atoms with van der Waals surface area (Å²) in [5.74, 6) is 0.310. The van der Waals surface area contributed by atoms with Gasteiger partial charge in [0, 0.05) is 5.70 Å². The van der Waals surface area contributed by atoms with E-state index in [1.807, 2.05) is 49.4 Å². The Balaban J connectivity index is 1.31. The molecule has 43 heavy (non-hydrogen) atoms. The summed E-state index contributed by atoms with van der Waals surface area (Å²) in [6, 6.07) is 19.2. The predicted molar refractivity (Wildman–Crippen MR) is 160 cm³/mol. The van der Waals surface area contributed by atoms with Crippen LogP contribution in [0.2, 0.25) is 0 Å². The number of amides is 3. The molecule has 1 atom stereocenters. The summed E-state index contributed by atoms with van der Waals surface area (Å²) >= 11 is 0. The van der Waals surface area contributed by atoms with Crippen LogP contribution in [-0.4, -0.2) is 44.4 Å². The number of hydrogen-bond acceptors (Lipinski definition) is 8. The molecule has 224 valence electrons. The average molecular weight is 587 g/mol. The molecule has 11 nitrogen and oxygen atoms in total. The van der Waals surface area contributed by atoms with E-state index in [9.17, 15) is 14.4 Å². The minimum atomic E-state index is -0.762. The second-order valence-corrected chi connectivity index (χ2v) is 9.63. The van der Waals surface area contributed by atoms with Crippen molar-refractivity contribution < 1.29 is 33.3 Å². The summed E-state index contributed by atoms with van der Waals surface area (Å²) < 4.78 is 22.1. The van der Waals surface area contributed by atoms with Crippen molar-refractivity contribution >= 4 is 24.1 Å². The number of carbonyl (C=O) groups excluding carboxylic acids is 3. The Morgan fingerprint density at radius 2 is 1.79 bits per heavy atom. The van der Waals surface area contributed by atoms with E-state index in [0.29, 0.717) is 29.4 Å². The third kappa shape index (κ3) is 8.35. The molecule has 0 spiro atoms. The van der Waals surface area contributed by atoms with Crippen molar-refractivity contribution in [3.05, 3.63) is 100 Å². The Labute approximate surface area is 249 Å². The molecular formula is C32H34N4O7. The Morgan fingerprint density at radius 3 is 2.51 bits per heavy atom. The minimum Gasteiger partial charge on any atom is -0.493 e. The summed E-state index contributed by atoms with van der Waals surface area (Å²) in [6.07, 6.45) is 1.52. The number of rotatable bonds is 12. The Hall–Kier alpha value is -5.32. The fourth-order valence-electron chi connectivity index (χ4n) is 4.38. The third-order valence-corrected chi connectivity index (χ3v) is 6.42. The van der Waals surface area contributed by atoms with Gasteiger partial charge in [0.15, 0.2) is 18.1 Å². The van der Waals surface area contributed by atoms with Gasteiger partial charge in [-0.2, -0.15) is 5.10 Å². The fourth-order valence-corrected chi connectivity index (χ4v) is 4.38. The Kier molecular flexibility index (Phi) is 10.4. The van der Waals surface area contributed by atoms with Crippen molar-refractivity contribution in [2.45, 2.75) is 33.4 Å². The second kappa shape index (κ2) is 14.5. The molecule has 1 heterocycles. The van der Waals surface area contributed by atoms with Crippen LogP contribution in [0.1, 0.15) is 42.1 Å². The molecule has 0 saturated carbocycles. The number of benzene rings is 3. The lowest BCUT2D eigenvalue weighted by Gasteiger charge is -2.28. The molecule has 0 radical (unpaired) electrons. The highest BCUT2D eigenvalue weighted by Crippen LogP contribution is 2.34. The highest BCUT2D eigenvalue weighted by molar-refractivity contribution is 5.95. The topological polar surface area (TPSA) is 137 Å². The number of nitrogens with one attached hydrogen (secondary N) is 3. The van der Waals surface area contributed by atoms with Crippen LogP contribution in [-0.2, 0) is 20.9 Å². The smallest absolute Gasteiger partial charge is 0.338 e. The van der Waals surface area contributed by atoms with Crippen LogP contribution in [0.4, 0.5) is 4.79 Å². The van der Waals surface area contributed by atoms with Crippen LogP contribution >= 0.6 is 0 Å². The van der Waals surface area contributed by atoms with Crippen molar-refractivity contribution in [1.29, 1.82) is 0 Å². The highest BCUT2D eigenvalue weighted by Gasteiger charge is 2.32. The lowest BCUT2D eigenvalue weighted by molar-refractivity contribution is -0.139. The van der Waals surface area contributed by atoms with E-state index in [0.717, 1.165) is 16.9 Å². The number of hydrazone groups is 1. The molecule has 0 aromatic heterocycles. The monoisotopic (exact) mass is 586 g/mol. The van der Waals surface area contributed by atoms with Gasteiger partial charge >= 0.3 is 12.0 Å². The molecule has 3 N–H and O–H groups in total. The maximum Gasteiger partial charge on any atom is 0.338 e. The van der Waals surface area contributed by atoms with E-state index >= 15 is 0 Å². The second-order valence-electron chi connectivity index (χ2n) is 9.63. The van der Waals surface area contributed by atoms with Gasteiger partial charge in [0.2, 0.25) is 0 Å². The van der Waals surface area contributed by atoms with Crippen LogP contribution in [0, 0.1) is 6.92 Å². The first-order valence-electron chi connectivity index (χ1n) is 13.6. The van der Waals surface area contributed by atoms with Gasteiger partial charge in [-0.3, -0.25) is 4.79 Å². The minimum absolute atomic E-state index is 0.189. The number of hydrogen-bond donors (Lipinski definition) is 3. The molecule has 1 aliphatic rings. The van der Waals surface area contributed by atoms with Gasteiger partial charge in [0.1, 0.15) is 12.4 Å². The number of aryl methyl sites for hydroxylation is 1. The summed E-state index contributed by atoms with van der Waals surface area (Å²) in [6.45, 7) is 5.71. The summed E-state index contributed by atoms with van der Waals surface area (Å²) in [4.78, 5) is 37.1. The van der Waals surface area contributed by atoms with E-state index in [-0.39, 0.29) is 18.8 Å². The lowest BCUT2D eigenvalue weighted by Crippen LogP contribution is -2.45. The summed E-state index contributed by atoms with van der Waals surface area (Å²) in [5.41, 5.74) is 6.72. The van der Waals surface area contributed by atoms with Crippen LogP contribution in [0.15, 0.2) is 83.1 Å². The number of urea groups is 1. The Morgan fingerprint density at radius 1 is 1.00 bits per heavy atom. The van der Waals surface area contributed by atoms with Crippen LogP contribution < -0.4 is 30.3 Å². The molecule has 4 rings (SSSR count). The lowest BCUT2D eigenvalue weighted by atomic mass is 9.95. The van der Waals surface area contributed by atoms with E-state index < -0.39 is 23.9 Å². The number of methoxy groups -OCH3 is 1. The maximum atomic E-state index is 12.6. The van der Waals surface area contributed by atoms with E-state index in [1.165, 1.54) is 18.9 Å². The number of ether oxygens (including phenoxy) is 4. The fraction of sp³-hybridized carbons (Fsp3) is 0.250. The van der Waals surface area contributed by atoms with Crippen molar-refractivity contribution in [2.24, 2.45) is 5.10 Å². The molecule has 0 aliphatic carbocycles. The summed E-state index contributed by atoms with van der Waals surface area (Å²) in [7, 11) is 1.45. The summed E-state index contributed by atoms with van der Waals surface area (Å²) in [5, 5.41) is 9.32. The molecule has 0 bridgehead atoms. The molecule has 0 unspecified atom stereocenters. The van der Waals surface area contributed by atoms with Crippen molar-refractivity contribution in [2.75, 3.05) is 20.3 Å². The zero-order chi connectivity index (χ0) is 30.8. The average Bonchev–Trinajstić information content (AvgIpc) is 2.99. The van der Waals surface area contributed by atoms with Crippen LogP contribution in [0.25, 0.3) is 0 Å². The number of nitrogens with zero attached hydrogens (tertiary/aromatic N) is 1. The quantitative estimate of drug-likeness (QED) is 0.164. The molecule has 1 aliphatic heterocycles. The van der Waals surface area contributed by atoms with E-state index in [4.69, 9.17) is 18.9 Å². The van der Waals surface area contributed by atoms with Gasteiger partial charge in [0.05, 0.1) is 31.5 Å². The SMILES string of the molecule is CCOC(=O)C1=C(C)NC(=O)N[C@@H]1c1ccc(OCC(=O)N/N=C\c2ccc(OCc3cccc(C)c3)cc2)c(OC)c1. The number of esters is 1. The van der Waals surface area contributed by atoms with Crippen LogP contribution in [0.5, 0.6) is 17.2 Å². The predicted octanol–water partition coefficient (Wildman–Crippen LogP) is 4.30. The standard InChI is InChI=1S/C32H34N4O7/c1-5-41-31(38)29-21(3)34-32(39)35-30(29)24-11-14-26(27(16-24)40-4)43-19-28(37)36-33-17-22-9-12-25(13-10-22)42-18-23-8-6-7-20(2)15-23/h6-17,30H,5,18-19H2,1-4H3,(H,36,37)(H2,34,35,39)/b33-17-/t30-/m1/s1. The van der Waals surface area contributed by atoms with Crippen molar-refractivity contribution in [1.82, 2.24) is 16.1 Å². The van der Waals surface area contributed by atoms with Gasteiger partial charge in [-0.1, -0.05) is 35.9 Å². The van der Waals surface area contributed by atoms with Gasteiger partial charge in [-0.15, -0.1) is 0 Å². The van der Waals surface area contributed by atoms with Gasteiger partial charge in [-0.25, -0.2) is 15.0 Å². The van der Waals surface area contributed by atoms with Crippen molar-refractivity contribution in [3.63, 3.8) is 0 Å². The van der Waals surface area contributed by atoms with Crippen molar-refractivity contribution in [3.8, 4) is 17.2 Å². The number of allylic oxidation sites excluding steroid dienone is 1. The van der Waals surface area contributed by atoms with Gasteiger partial charge in [0.25, 0.3) is 5.91 Å². The molecule has 11 heteroatoms. The molecule has 3 amide bonds. The molecule has 0 saturated heterocycles. The molecule has 3 aromatic carbocycles. The first-order chi connectivity index (χ1) is 20.8. The molecular weight excluding hydrogens is 552 g/mol.